The van der Waals surface area contributed by atoms with Crippen molar-refractivity contribution >= 4 is 48.2 Å². The molecule has 8 heteroatoms. The Kier molecular flexibility index (Phi) is 3.03. The first-order chi connectivity index (χ1) is 13.7. The van der Waals surface area contributed by atoms with Gasteiger partial charge in [-0.15, -0.1) is 0 Å². The number of nitrogens with two attached hydrogens (primary N) is 1. The molecule has 1 saturated heterocycles. The molecule has 0 spiro atoms. The lowest BCUT2D eigenvalue weighted by atomic mass is 10.1. The Morgan fingerprint density at radius 3 is 2.64 bits per heavy atom. The van der Waals surface area contributed by atoms with Crippen molar-refractivity contribution in [2.45, 2.75) is 12.8 Å². The lowest BCUT2D eigenvalue weighted by Gasteiger charge is -2.05. The molecule has 0 saturated carbocycles. The van der Waals surface area contributed by atoms with Gasteiger partial charge in [-0.05, 0) is 46.4 Å². The van der Waals surface area contributed by atoms with Crippen LogP contribution in [-0.2, 0) is 16.8 Å². The van der Waals surface area contributed by atoms with Crippen LogP contribution in [0.4, 0.5) is 11.5 Å². The highest BCUT2D eigenvalue weighted by Crippen LogP contribution is 2.39. The zero-order chi connectivity index (χ0) is 21.1. The van der Waals surface area contributed by atoms with E-state index in [0.29, 0.717) is 32.7 Å². The topological polar surface area (TPSA) is 86.2 Å². The summed E-state index contributed by atoms with van der Waals surface area (Å²) in [6, 6.07) is -1.20. The first-order valence-electron chi connectivity index (χ1n) is 9.74. The average Bonchev–Trinajstić information content (AvgIpc) is 3.22. The maximum atomic E-state index is 12.8. The Morgan fingerprint density at radius 1 is 1.28 bits per heavy atom. The Labute approximate surface area is 160 Å². The van der Waals surface area contributed by atoms with Crippen LogP contribution in [0.1, 0.15) is 18.3 Å². The molecule has 2 N–H and O–H groups in total. The summed E-state index contributed by atoms with van der Waals surface area (Å²) < 4.78 is 53.1. The predicted octanol–water partition coefficient (Wildman–Crippen LogP) is 3.87. The SMILES string of the molecule is [2H]c1c([2H])c(-c2c(Br)n(C)c3ncnc(N)c23)c([2H])c([2H])c1N=S1(=O)CCCC1. The quantitative estimate of drug-likeness (QED) is 0.677. The number of aromatic nitrogens is 3. The maximum Gasteiger partial charge on any atom is 0.146 e. The number of nitrogen functional groups attached to an aromatic ring is 1. The summed E-state index contributed by atoms with van der Waals surface area (Å²) in [5.74, 6) is 1.000. The van der Waals surface area contributed by atoms with Crippen molar-refractivity contribution < 1.29 is 9.69 Å². The summed E-state index contributed by atoms with van der Waals surface area (Å²) in [5.41, 5.74) is 6.85. The normalized spacial score (nSPS) is 18.6. The Morgan fingerprint density at radius 2 is 1.96 bits per heavy atom. The molecule has 3 heterocycles. The second kappa shape index (κ2) is 6.10. The predicted molar refractivity (Wildman–Crippen MR) is 105 cm³/mol. The summed E-state index contributed by atoms with van der Waals surface area (Å²) in [6.45, 7) is 0. The lowest BCUT2D eigenvalue weighted by molar-refractivity contribution is 0.681. The fourth-order valence-electron chi connectivity index (χ4n) is 2.97. The van der Waals surface area contributed by atoms with E-state index in [1.54, 1.807) is 11.6 Å². The molecule has 0 amide bonds. The molecule has 4 rings (SSSR count). The van der Waals surface area contributed by atoms with Gasteiger partial charge in [-0.25, -0.2) is 14.2 Å². The minimum absolute atomic E-state index is 0.0688. The number of nitrogens with zero attached hydrogens (tertiary/aromatic N) is 4. The van der Waals surface area contributed by atoms with Gasteiger partial charge >= 0.3 is 0 Å². The van der Waals surface area contributed by atoms with E-state index in [9.17, 15) is 4.21 Å². The minimum atomic E-state index is -2.54. The molecular weight excluding hydrogens is 402 g/mol. The van der Waals surface area contributed by atoms with Gasteiger partial charge in [0.05, 0.1) is 30.9 Å². The van der Waals surface area contributed by atoms with Crippen molar-refractivity contribution in [3.05, 3.63) is 35.1 Å². The van der Waals surface area contributed by atoms with Crippen molar-refractivity contribution in [2.24, 2.45) is 11.4 Å². The van der Waals surface area contributed by atoms with Crippen molar-refractivity contribution in [1.82, 2.24) is 14.5 Å². The van der Waals surface area contributed by atoms with Gasteiger partial charge in [0, 0.05) is 24.1 Å². The molecule has 0 atom stereocenters. The highest BCUT2D eigenvalue weighted by atomic mass is 79.9. The van der Waals surface area contributed by atoms with Gasteiger partial charge < -0.3 is 10.3 Å². The molecule has 0 unspecified atom stereocenters. The van der Waals surface area contributed by atoms with Crippen LogP contribution in [0.2, 0.25) is 0 Å². The molecule has 0 radical (unpaired) electrons. The van der Waals surface area contributed by atoms with Crippen LogP contribution in [0.3, 0.4) is 0 Å². The molecule has 2 aromatic heterocycles. The van der Waals surface area contributed by atoms with Crippen molar-refractivity contribution in [3.8, 4) is 11.1 Å². The third-order valence-corrected chi connectivity index (χ3v) is 7.52. The van der Waals surface area contributed by atoms with E-state index in [2.05, 4.69) is 30.3 Å². The van der Waals surface area contributed by atoms with E-state index in [1.165, 1.54) is 6.33 Å². The van der Waals surface area contributed by atoms with E-state index < -0.39 is 9.73 Å². The maximum absolute atomic E-state index is 12.8. The zero-order valence-electron chi connectivity index (χ0n) is 17.5. The number of halogens is 1. The van der Waals surface area contributed by atoms with E-state index in [4.69, 9.17) is 11.2 Å². The van der Waals surface area contributed by atoms with Crippen LogP contribution in [0.15, 0.2) is 39.5 Å². The van der Waals surface area contributed by atoms with Crippen LogP contribution in [0.25, 0.3) is 22.2 Å². The van der Waals surface area contributed by atoms with Gasteiger partial charge in [0.15, 0.2) is 0 Å². The van der Waals surface area contributed by atoms with Crippen molar-refractivity contribution in [2.75, 3.05) is 17.2 Å². The molecule has 6 nitrogen and oxygen atoms in total. The van der Waals surface area contributed by atoms with E-state index in [1.807, 2.05) is 0 Å². The first kappa shape index (κ1) is 12.4. The highest BCUT2D eigenvalue weighted by molar-refractivity contribution is 9.10. The molecule has 1 aliphatic rings. The van der Waals surface area contributed by atoms with Crippen molar-refractivity contribution in [3.63, 3.8) is 0 Å². The van der Waals surface area contributed by atoms with Crippen LogP contribution in [0, 0.1) is 0 Å². The third kappa shape index (κ3) is 2.83. The molecule has 25 heavy (non-hydrogen) atoms. The zero-order valence-corrected chi connectivity index (χ0v) is 15.9. The van der Waals surface area contributed by atoms with Crippen LogP contribution in [-0.4, -0.2) is 30.2 Å². The number of rotatable bonds is 2. The van der Waals surface area contributed by atoms with Crippen LogP contribution < -0.4 is 5.73 Å². The van der Waals surface area contributed by atoms with Crippen LogP contribution >= 0.6 is 15.9 Å². The number of anilines is 1. The highest BCUT2D eigenvalue weighted by Gasteiger charge is 2.19. The second-order valence-corrected chi connectivity index (χ2v) is 9.18. The lowest BCUT2D eigenvalue weighted by Crippen LogP contribution is -1.99. The summed E-state index contributed by atoms with van der Waals surface area (Å²) in [6.07, 6.45) is 2.89. The van der Waals surface area contributed by atoms with E-state index in [-0.39, 0.29) is 41.2 Å². The Bertz CT molecular complexity index is 1260. The van der Waals surface area contributed by atoms with Crippen molar-refractivity contribution in [1.29, 1.82) is 0 Å². The largest absolute Gasteiger partial charge is 0.383 e. The Balaban J connectivity index is 2.08. The summed E-state index contributed by atoms with van der Waals surface area (Å²) in [7, 11) is -0.800. The number of aryl methyl sites for hydroxylation is 1. The third-order valence-electron chi connectivity index (χ3n) is 4.22. The molecule has 1 aliphatic heterocycles. The van der Waals surface area contributed by atoms with Gasteiger partial charge in [0.2, 0.25) is 0 Å². The molecule has 0 bridgehead atoms. The first-order valence-corrected chi connectivity index (χ1v) is 10.4. The van der Waals surface area contributed by atoms with Gasteiger partial charge in [-0.1, -0.05) is 12.1 Å². The monoisotopic (exact) mass is 423 g/mol. The fraction of sp³-hybridized carbons (Fsp3) is 0.294. The molecule has 3 aromatic rings. The summed E-state index contributed by atoms with van der Waals surface area (Å²) in [5, 5.41) is 0.439. The van der Waals surface area contributed by atoms with Gasteiger partial charge in [0.1, 0.15) is 17.8 Å². The number of benzene rings is 1. The van der Waals surface area contributed by atoms with Gasteiger partial charge in [-0.3, -0.25) is 0 Å². The Hall–Kier alpha value is -1.93. The van der Waals surface area contributed by atoms with Gasteiger partial charge in [0.25, 0.3) is 0 Å². The van der Waals surface area contributed by atoms with Gasteiger partial charge in [-0.2, -0.15) is 4.36 Å². The second-order valence-electron chi connectivity index (χ2n) is 5.89. The fourth-order valence-corrected chi connectivity index (χ4v) is 5.65. The molecule has 0 aliphatic carbocycles. The number of fused-ring (bicyclic) bond motifs is 1. The number of hydrogen-bond acceptors (Lipinski definition) is 5. The minimum Gasteiger partial charge on any atom is -0.383 e. The number of hydrogen-bond donors (Lipinski definition) is 1. The van der Waals surface area contributed by atoms with Crippen LogP contribution in [0.5, 0.6) is 0 Å². The summed E-state index contributed by atoms with van der Waals surface area (Å²) >= 11 is 3.46. The smallest absolute Gasteiger partial charge is 0.146 e. The molecule has 130 valence electrons. The molecular formula is C17H18BrN5OS. The summed E-state index contributed by atoms with van der Waals surface area (Å²) in [4.78, 5) is 8.22. The molecule has 1 aromatic carbocycles. The average molecular weight is 424 g/mol. The molecule has 1 fully saturated rings. The van der Waals surface area contributed by atoms with E-state index >= 15 is 0 Å². The van der Waals surface area contributed by atoms with E-state index in [0.717, 1.165) is 12.8 Å². The standard InChI is InChI=1S/C17H18BrN5OS/c1-23-15(18)13(14-16(19)20-10-21-17(14)23)11-4-6-12(7-5-11)22-25(24)8-2-3-9-25/h4-7,10H,2-3,8-9H2,1H3,(H2,19,20,21)/i4D,5D,6D,7D.